The first kappa shape index (κ1) is 28.4. The minimum atomic E-state index is -0.637. The van der Waals surface area contributed by atoms with Crippen molar-refractivity contribution in [1.82, 2.24) is 35.5 Å². The van der Waals surface area contributed by atoms with E-state index in [0.29, 0.717) is 51.2 Å². The van der Waals surface area contributed by atoms with Gasteiger partial charge in [-0.1, -0.05) is 11.6 Å². The molecule has 2 aromatic heterocycles. The summed E-state index contributed by atoms with van der Waals surface area (Å²) in [6, 6.07) is 9.56. The SMILES string of the molecule is COC(=O)Nc1ccc2c(c1)NC(=O)CCCOCC(NC(=O)C=Cc1cc(Cl)ccc1-n1cnnn1)c1ncc-2[nH]1. The maximum Gasteiger partial charge on any atom is 0.411 e. The lowest BCUT2D eigenvalue weighted by Gasteiger charge is -2.16. The van der Waals surface area contributed by atoms with Gasteiger partial charge in [0, 0.05) is 40.9 Å². The number of tetrazole rings is 1. The summed E-state index contributed by atoms with van der Waals surface area (Å²) in [6.07, 6.45) is 6.05. The number of carbonyl (C=O) groups is 3. The van der Waals surface area contributed by atoms with Crippen molar-refractivity contribution in [2.75, 3.05) is 31.0 Å². The molecular formula is C27H26ClN9O5. The molecule has 4 N–H and O–H groups in total. The van der Waals surface area contributed by atoms with Crippen LogP contribution in [0, 0.1) is 0 Å². The van der Waals surface area contributed by atoms with Crippen molar-refractivity contribution in [3.05, 3.63) is 71.4 Å². The number of aromatic nitrogens is 6. The van der Waals surface area contributed by atoms with E-state index in [1.54, 1.807) is 48.7 Å². The molecule has 0 aliphatic carbocycles. The second-order valence-electron chi connectivity index (χ2n) is 9.14. The molecule has 42 heavy (non-hydrogen) atoms. The monoisotopic (exact) mass is 591 g/mol. The van der Waals surface area contributed by atoms with Crippen molar-refractivity contribution in [3.63, 3.8) is 0 Å². The summed E-state index contributed by atoms with van der Waals surface area (Å²) in [7, 11) is 1.26. The van der Waals surface area contributed by atoms with E-state index < -0.39 is 18.0 Å². The van der Waals surface area contributed by atoms with E-state index in [-0.39, 0.29) is 25.5 Å². The van der Waals surface area contributed by atoms with E-state index in [9.17, 15) is 14.4 Å². The molecule has 0 spiro atoms. The van der Waals surface area contributed by atoms with Gasteiger partial charge in [-0.25, -0.2) is 9.78 Å². The first-order chi connectivity index (χ1) is 20.4. The zero-order valence-electron chi connectivity index (χ0n) is 22.3. The van der Waals surface area contributed by atoms with Crippen molar-refractivity contribution in [2.45, 2.75) is 18.9 Å². The number of H-pyrrole nitrogens is 1. The van der Waals surface area contributed by atoms with E-state index in [1.165, 1.54) is 24.2 Å². The molecule has 1 aliphatic rings. The van der Waals surface area contributed by atoms with Gasteiger partial charge in [0.15, 0.2) is 0 Å². The van der Waals surface area contributed by atoms with E-state index in [1.807, 2.05) is 0 Å². The molecular weight excluding hydrogens is 566 g/mol. The van der Waals surface area contributed by atoms with Crippen LogP contribution in [-0.2, 0) is 19.1 Å². The zero-order chi connectivity index (χ0) is 29.5. The van der Waals surface area contributed by atoms with Crippen LogP contribution in [0.15, 0.2) is 55.0 Å². The Morgan fingerprint density at radius 3 is 2.93 bits per heavy atom. The van der Waals surface area contributed by atoms with Crippen LogP contribution in [0.2, 0.25) is 5.02 Å². The van der Waals surface area contributed by atoms with Gasteiger partial charge < -0.3 is 25.1 Å². The number of amides is 3. The second-order valence-corrected chi connectivity index (χ2v) is 9.57. The average Bonchev–Trinajstić information content (AvgIpc) is 3.68. The smallest absolute Gasteiger partial charge is 0.411 e. The van der Waals surface area contributed by atoms with Crippen LogP contribution in [0.5, 0.6) is 0 Å². The van der Waals surface area contributed by atoms with Gasteiger partial charge in [-0.3, -0.25) is 14.9 Å². The Morgan fingerprint density at radius 2 is 2.12 bits per heavy atom. The van der Waals surface area contributed by atoms with Gasteiger partial charge in [-0.2, -0.15) is 4.68 Å². The number of ether oxygens (including phenoxy) is 2. The number of hydrogen-bond acceptors (Lipinski definition) is 9. The molecule has 2 bridgehead atoms. The molecule has 1 atom stereocenters. The minimum Gasteiger partial charge on any atom is -0.453 e. The van der Waals surface area contributed by atoms with Crippen LogP contribution in [0.4, 0.5) is 16.2 Å². The summed E-state index contributed by atoms with van der Waals surface area (Å²) >= 11 is 6.18. The molecule has 216 valence electrons. The van der Waals surface area contributed by atoms with Gasteiger partial charge in [0.05, 0.1) is 37.0 Å². The van der Waals surface area contributed by atoms with Gasteiger partial charge >= 0.3 is 6.09 Å². The summed E-state index contributed by atoms with van der Waals surface area (Å²) in [5.41, 5.74) is 3.40. The molecule has 0 radical (unpaired) electrons. The van der Waals surface area contributed by atoms with E-state index in [4.69, 9.17) is 16.3 Å². The number of rotatable bonds is 5. The Kier molecular flexibility index (Phi) is 8.84. The number of anilines is 2. The Bertz CT molecular complexity index is 1620. The molecule has 3 heterocycles. The fourth-order valence-electron chi connectivity index (χ4n) is 4.24. The number of fused-ring (bicyclic) bond motifs is 4. The number of aromatic amines is 1. The third-order valence-corrected chi connectivity index (χ3v) is 6.47. The molecule has 3 amide bonds. The lowest BCUT2D eigenvalue weighted by atomic mass is 10.1. The Hall–Kier alpha value is -5.08. The molecule has 0 saturated carbocycles. The lowest BCUT2D eigenvalue weighted by Crippen LogP contribution is -2.31. The van der Waals surface area contributed by atoms with E-state index in [0.717, 1.165) is 0 Å². The first-order valence-corrected chi connectivity index (χ1v) is 13.2. The normalized spacial score (nSPS) is 15.5. The maximum atomic E-state index is 13.0. The van der Waals surface area contributed by atoms with E-state index in [2.05, 4.69) is 46.2 Å². The van der Waals surface area contributed by atoms with Crippen molar-refractivity contribution < 1.29 is 23.9 Å². The average molecular weight is 592 g/mol. The van der Waals surface area contributed by atoms with Crippen molar-refractivity contribution in [1.29, 1.82) is 0 Å². The van der Waals surface area contributed by atoms with Crippen LogP contribution >= 0.6 is 11.6 Å². The lowest BCUT2D eigenvalue weighted by molar-refractivity contribution is -0.117. The van der Waals surface area contributed by atoms with Crippen molar-refractivity contribution in [3.8, 4) is 16.9 Å². The van der Waals surface area contributed by atoms with Crippen LogP contribution in [0.25, 0.3) is 23.0 Å². The number of halogens is 1. The van der Waals surface area contributed by atoms with Gasteiger partial charge in [0.2, 0.25) is 11.8 Å². The Balaban J connectivity index is 1.39. The molecule has 4 aromatic rings. The van der Waals surface area contributed by atoms with Gasteiger partial charge in [-0.05, 0) is 59.3 Å². The highest BCUT2D eigenvalue weighted by atomic mass is 35.5. The Labute approximate surface area is 244 Å². The number of imidazole rings is 1. The maximum absolute atomic E-state index is 13.0. The molecule has 1 aliphatic heterocycles. The summed E-state index contributed by atoms with van der Waals surface area (Å²) in [4.78, 5) is 45.1. The van der Waals surface area contributed by atoms with Crippen LogP contribution in [0.3, 0.4) is 0 Å². The fourth-order valence-corrected chi connectivity index (χ4v) is 4.42. The standard InChI is InChI=1S/C27H26ClN9O5/c1-41-27(40)31-18-6-7-19-20(12-18)32-24(38)3-2-10-42-14-22(26-29-13-21(19)34-26)33-25(39)9-4-16-11-17(28)5-8-23(16)37-15-30-35-36-37/h4-9,11-13,15,22H,2-3,10,14H2,1H3,(H,29,34)(H,31,40)(H,32,38)(H,33,39). The van der Waals surface area contributed by atoms with E-state index >= 15 is 0 Å². The topological polar surface area (TPSA) is 178 Å². The highest BCUT2D eigenvalue weighted by Crippen LogP contribution is 2.31. The second kappa shape index (κ2) is 13.1. The number of nitrogens with one attached hydrogen (secondary N) is 4. The van der Waals surface area contributed by atoms with Crippen LogP contribution in [-0.4, -0.2) is 68.4 Å². The van der Waals surface area contributed by atoms with Crippen LogP contribution in [0.1, 0.15) is 30.3 Å². The van der Waals surface area contributed by atoms with Gasteiger partial charge in [-0.15, -0.1) is 5.10 Å². The highest BCUT2D eigenvalue weighted by molar-refractivity contribution is 6.30. The summed E-state index contributed by atoms with van der Waals surface area (Å²) in [6.45, 7) is 0.411. The first-order valence-electron chi connectivity index (χ1n) is 12.8. The minimum absolute atomic E-state index is 0.121. The third-order valence-electron chi connectivity index (χ3n) is 6.23. The summed E-state index contributed by atoms with van der Waals surface area (Å²) in [5, 5.41) is 20.1. The highest BCUT2D eigenvalue weighted by Gasteiger charge is 2.21. The fraction of sp³-hybridized carbons (Fsp3) is 0.222. The molecule has 1 unspecified atom stereocenters. The summed E-state index contributed by atoms with van der Waals surface area (Å²) in [5.74, 6) is -0.160. The number of carbonyl (C=O) groups excluding carboxylic acids is 3. The molecule has 0 saturated heterocycles. The number of benzene rings is 2. The van der Waals surface area contributed by atoms with Crippen molar-refractivity contribution >= 4 is 47.0 Å². The number of nitrogens with zero attached hydrogens (tertiary/aromatic N) is 5. The third kappa shape index (κ3) is 6.97. The molecule has 5 rings (SSSR count). The zero-order valence-corrected chi connectivity index (χ0v) is 23.1. The molecule has 2 aromatic carbocycles. The molecule has 15 heteroatoms. The largest absolute Gasteiger partial charge is 0.453 e. The predicted octanol–water partition coefficient (Wildman–Crippen LogP) is 3.50. The van der Waals surface area contributed by atoms with Crippen LogP contribution < -0.4 is 16.0 Å². The quantitative estimate of drug-likeness (QED) is 0.253. The predicted molar refractivity (Wildman–Crippen MR) is 153 cm³/mol. The summed E-state index contributed by atoms with van der Waals surface area (Å²) < 4.78 is 11.9. The number of methoxy groups -OCH3 is 1. The van der Waals surface area contributed by atoms with Crippen molar-refractivity contribution in [2.24, 2.45) is 0 Å². The number of hydrogen-bond donors (Lipinski definition) is 4. The van der Waals surface area contributed by atoms with Gasteiger partial charge in [0.25, 0.3) is 0 Å². The molecule has 14 nitrogen and oxygen atoms in total. The van der Waals surface area contributed by atoms with Gasteiger partial charge in [0.1, 0.15) is 18.2 Å². The molecule has 0 fully saturated rings. The Morgan fingerprint density at radius 1 is 1.24 bits per heavy atom.